The van der Waals surface area contributed by atoms with E-state index in [9.17, 15) is 9.59 Å². The second kappa shape index (κ2) is 10.7. The van der Waals surface area contributed by atoms with E-state index in [0.717, 1.165) is 46.6 Å². The molecule has 2 heterocycles. The van der Waals surface area contributed by atoms with Gasteiger partial charge in [0.25, 0.3) is 0 Å². The molecule has 4 rings (SSSR count). The quantitative estimate of drug-likeness (QED) is 0.504. The molecular formula is C27H33N5O2. The van der Waals surface area contributed by atoms with Crippen LogP contribution in [0.15, 0.2) is 48.5 Å². The highest BCUT2D eigenvalue weighted by molar-refractivity contribution is 6.00. The topological polar surface area (TPSA) is 80.1 Å². The first-order chi connectivity index (χ1) is 17.1. The van der Waals surface area contributed by atoms with Crippen molar-refractivity contribution in [3.63, 3.8) is 0 Å². The van der Waals surface area contributed by atoms with Gasteiger partial charge in [0.1, 0.15) is 11.5 Å². The van der Waals surface area contributed by atoms with Crippen molar-refractivity contribution in [2.45, 2.75) is 65.6 Å². The first-order valence-corrected chi connectivity index (χ1v) is 12.1. The second-order valence-corrected chi connectivity index (χ2v) is 8.55. The van der Waals surface area contributed by atoms with Crippen molar-refractivity contribution in [2.75, 3.05) is 11.4 Å². The Morgan fingerprint density at radius 1 is 1.12 bits per heavy atom. The van der Waals surface area contributed by atoms with Crippen molar-refractivity contribution in [2.24, 2.45) is 0 Å². The number of hydrogen-bond donors (Lipinski definition) is 1. The summed E-state index contributed by atoms with van der Waals surface area (Å²) in [7, 11) is 0. The Kier molecular flexibility index (Phi) is 7.10. The zero-order chi connectivity index (χ0) is 24.8. The van der Waals surface area contributed by atoms with E-state index in [1.165, 1.54) is 0 Å². The van der Waals surface area contributed by atoms with E-state index in [4.69, 9.17) is 1.37 Å². The van der Waals surface area contributed by atoms with E-state index in [-0.39, 0.29) is 31.1 Å². The Balaban J connectivity index is 1.74. The number of aromatic nitrogens is 3. The van der Waals surface area contributed by atoms with Crippen LogP contribution in [0.2, 0.25) is 0 Å². The molecule has 2 aromatic carbocycles. The Hall–Kier alpha value is -3.32. The summed E-state index contributed by atoms with van der Waals surface area (Å²) in [6.45, 7) is 5.62. The molecule has 0 fully saturated rings. The summed E-state index contributed by atoms with van der Waals surface area (Å²) in [6.07, 6.45) is 2.34. The van der Waals surface area contributed by atoms with Gasteiger partial charge in [0, 0.05) is 31.9 Å². The van der Waals surface area contributed by atoms with Crippen LogP contribution >= 0.6 is 0 Å². The standard InChI is InChI=1S/C27H33N5O2/c1-4-11-24(33)22(5-2)28-16-17-32-27-21-14-9-10-15-23(21)31(25(34)6-3)18-19-12-7-8-13-20(19)26(27)29-30-32/h7-10,12-15,22,28H,4-6,11,16-18H2,1-3H3/i3T. The molecule has 1 amide bonds. The Bertz CT molecular complexity index is 1190. The highest BCUT2D eigenvalue weighted by Gasteiger charge is 2.28. The minimum absolute atomic E-state index is 0.0465. The largest absolute Gasteiger partial charge is 0.307 e. The molecule has 1 N–H and O–H groups in total. The lowest BCUT2D eigenvalue weighted by molar-refractivity contribution is -0.121. The third-order valence-corrected chi connectivity index (χ3v) is 6.31. The first kappa shape index (κ1) is 22.5. The number of para-hydroxylation sites is 1. The summed E-state index contributed by atoms with van der Waals surface area (Å²) >= 11 is 0. The molecule has 7 nitrogen and oxygen atoms in total. The van der Waals surface area contributed by atoms with Gasteiger partial charge in [-0.3, -0.25) is 9.59 Å². The number of benzene rings is 2. The number of Topliss-reactive ketones (excluding diaryl/α,β-unsaturated/α-hetero) is 1. The van der Waals surface area contributed by atoms with Crippen molar-refractivity contribution in [3.05, 3.63) is 54.1 Å². The number of nitrogens with zero attached hydrogens (tertiary/aromatic N) is 4. The average Bonchev–Trinajstić information content (AvgIpc) is 3.27. The summed E-state index contributed by atoms with van der Waals surface area (Å²) < 4.78 is 9.45. The van der Waals surface area contributed by atoms with E-state index in [2.05, 4.69) is 15.6 Å². The first-order valence-electron chi connectivity index (χ1n) is 12.8. The Morgan fingerprint density at radius 2 is 1.88 bits per heavy atom. The average molecular weight is 462 g/mol. The minimum atomic E-state index is -0.161. The van der Waals surface area contributed by atoms with Crippen LogP contribution in [0, 0.1) is 0 Å². The molecule has 7 heteroatoms. The molecule has 178 valence electrons. The van der Waals surface area contributed by atoms with Crippen LogP contribution in [0.25, 0.3) is 22.5 Å². The van der Waals surface area contributed by atoms with Gasteiger partial charge in [0.05, 0.1) is 30.5 Å². The molecule has 1 unspecified atom stereocenters. The van der Waals surface area contributed by atoms with Gasteiger partial charge in [-0.15, -0.1) is 5.10 Å². The summed E-state index contributed by atoms with van der Waals surface area (Å²) in [5, 5.41) is 12.5. The number of anilines is 1. The molecular weight excluding hydrogens is 426 g/mol. The molecule has 1 aliphatic rings. The minimum Gasteiger partial charge on any atom is -0.307 e. The van der Waals surface area contributed by atoms with Crippen molar-refractivity contribution in [3.8, 4) is 22.5 Å². The molecule has 1 aliphatic heterocycles. The van der Waals surface area contributed by atoms with Gasteiger partial charge in [-0.05, 0) is 24.5 Å². The number of hydrogen-bond acceptors (Lipinski definition) is 5. The zero-order valence-electron chi connectivity index (χ0n) is 21.0. The molecule has 0 aliphatic carbocycles. The number of carbonyl (C=O) groups is 2. The van der Waals surface area contributed by atoms with Crippen LogP contribution in [0.1, 0.15) is 53.4 Å². The highest BCUT2D eigenvalue weighted by atomic mass is 16.2. The summed E-state index contributed by atoms with van der Waals surface area (Å²) in [4.78, 5) is 27.3. The molecule has 3 aromatic rings. The van der Waals surface area contributed by atoms with Crippen LogP contribution in [0.4, 0.5) is 5.69 Å². The lowest BCUT2D eigenvalue weighted by Gasteiger charge is -2.28. The fourth-order valence-corrected chi connectivity index (χ4v) is 4.58. The predicted octanol–water partition coefficient (Wildman–Crippen LogP) is 4.61. The van der Waals surface area contributed by atoms with Crippen molar-refractivity contribution in [1.82, 2.24) is 20.3 Å². The van der Waals surface area contributed by atoms with E-state index in [1.807, 2.05) is 67.1 Å². The number of rotatable bonds is 9. The van der Waals surface area contributed by atoms with E-state index in [1.54, 1.807) is 4.90 Å². The molecule has 34 heavy (non-hydrogen) atoms. The van der Waals surface area contributed by atoms with Gasteiger partial charge in [-0.1, -0.05) is 68.4 Å². The molecule has 1 aromatic heterocycles. The maximum Gasteiger partial charge on any atom is 0.227 e. The number of nitrogens with one attached hydrogen (secondary N) is 1. The van der Waals surface area contributed by atoms with Gasteiger partial charge in [0.15, 0.2) is 0 Å². The van der Waals surface area contributed by atoms with Gasteiger partial charge in [-0.25, -0.2) is 4.68 Å². The summed E-state index contributed by atoms with van der Waals surface area (Å²) in [5.74, 6) is 0.165. The van der Waals surface area contributed by atoms with Gasteiger partial charge in [0.2, 0.25) is 5.91 Å². The normalized spacial score (nSPS) is 13.7. The van der Waals surface area contributed by atoms with Gasteiger partial charge < -0.3 is 10.2 Å². The number of carbonyl (C=O) groups excluding carboxylic acids is 2. The monoisotopic (exact) mass is 461 g/mol. The third kappa shape index (κ3) is 4.66. The maximum absolute atomic E-state index is 13.1. The smallest absolute Gasteiger partial charge is 0.227 e. The van der Waals surface area contributed by atoms with Gasteiger partial charge >= 0.3 is 0 Å². The Labute approximate surface area is 202 Å². The maximum atomic E-state index is 13.1. The van der Waals surface area contributed by atoms with Crippen LogP contribution in [-0.4, -0.2) is 39.3 Å². The summed E-state index contributed by atoms with van der Waals surface area (Å²) in [6, 6.07) is 15.6. The lowest BCUT2D eigenvalue weighted by atomic mass is 9.95. The lowest BCUT2D eigenvalue weighted by Crippen LogP contribution is -2.38. The van der Waals surface area contributed by atoms with Crippen LogP contribution in [0.5, 0.6) is 0 Å². The van der Waals surface area contributed by atoms with Crippen molar-refractivity contribution in [1.29, 1.82) is 0 Å². The molecule has 0 bridgehead atoms. The van der Waals surface area contributed by atoms with Crippen molar-refractivity contribution >= 4 is 17.4 Å². The second-order valence-electron chi connectivity index (χ2n) is 8.55. The van der Waals surface area contributed by atoms with Crippen LogP contribution < -0.4 is 10.2 Å². The molecule has 0 spiro atoms. The van der Waals surface area contributed by atoms with E-state index >= 15 is 0 Å². The summed E-state index contributed by atoms with van der Waals surface area (Å²) in [5.41, 5.74) is 5.26. The van der Waals surface area contributed by atoms with Gasteiger partial charge in [-0.2, -0.15) is 0 Å². The van der Waals surface area contributed by atoms with E-state index in [0.29, 0.717) is 26.1 Å². The Morgan fingerprint density at radius 3 is 2.65 bits per heavy atom. The number of fused-ring (bicyclic) bond motifs is 5. The number of ketones is 1. The molecule has 1 atom stereocenters. The molecule has 0 saturated heterocycles. The number of amides is 1. The zero-order valence-corrected chi connectivity index (χ0v) is 20.0. The SMILES string of the molecule is [3H]CCC(=O)N1Cc2ccccc2-c2nnn(CCNC(CC)C(=O)CCC)c2-c2ccccc21. The molecule has 0 saturated carbocycles. The predicted molar refractivity (Wildman–Crippen MR) is 134 cm³/mol. The van der Waals surface area contributed by atoms with E-state index < -0.39 is 0 Å². The third-order valence-electron chi connectivity index (χ3n) is 6.31. The molecule has 0 radical (unpaired) electrons. The van der Waals surface area contributed by atoms with Crippen LogP contribution in [0.3, 0.4) is 0 Å². The fourth-order valence-electron chi connectivity index (χ4n) is 4.58. The van der Waals surface area contributed by atoms with Crippen LogP contribution in [-0.2, 0) is 22.7 Å². The highest BCUT2D eigenvalue weighted by Crippen LogP contribution is 2.41. The van der Waals surface area contributed by atoms with Crippen molar-refractivity contribution < 1.29 is 11.0 Å². The fraction of sp³-hybridized carbons (Fsp3) is 0.407.